The zero-order valence-corrected chi connectivity index (χ0v) is 15.8. The molecule has 142 valence electrons. The lowest BCUT2D eigenvalue weighted by Gasteiger charge is -2.09. The van der Waals surface area contributed by atoms with Crippen LogP contribution in [0.1, 0.15) is 31.7 Å². The second-order valence-electron chi connectivity index (χ2n) is 5.46. The summed E-state index contributed by atoms with van der Waals surface area (Å²) in [7, 11) is 5.40. The van der Waals surface area contributed by atoms with Crippen LogP contribution in [0, 0.1) is 10.1 Å². The molecular weight excluding hydrogens is 320 g/mol. The normalized spacial score (nSPS) is 10.5. The molecule has 1 aromatic carbocycles. The van der Waals surface area contributed by atoms with E-state index in [1.165, 1.54) is 5.56 Å². The molecule has 1 rings (SSSR count). The molecule has 0 heterocycles. The van der Waals surface area contributed by atoms with Gasteiger partial charge in [-0.25, -0.2) is 0 Å². The van der Waals surface area contributed by atoms with Crippen molar-refractivity contribution in [1.29, 1.82) is 0 Å². The summed E-state index contributed by atoms with van der Waals surface area (Å²) in [5.41, 5.74) is 1.30. The van der Waals surface area contributed by atoms with Gasteiger partial charge in [-0.2, -0.15) is 0 Å². The van der Waals surface area contributed by atoms with Gasteiger partial charge in [-0.1, -0.05) is 25.5 Å². The molecule has 0 amide bonds. The number of aryl methyl sites for hydroxylation is 1. The van der Waals surface area contributed by atoms with E-state index >= 15 is 0 Å². The number of hydrogen-bond acceptors (Lipinski definition) is 6. The molecule has 0 saturated carbocycles. The summed E-state index contributed by atoms with van der Waals surface area (Å²) >= 11 is 0. The minimum atomic E-state index is -0.481. The molecule has 0 bridgehead atoms. The van der Waals surface area contributed by atoms with Gasteiger partial charge in [0.25, 0.3) is 6.20 Å². The number of rotatable bonds is 11. The van der Waals surface area contributed by atoms with Gasteiger partial charge >= 0.3 is 0 Å². The summed E-state index contributed by atoms with van der Waals surface area (Å²) < 4.78 is 5.72. The molecule has 0 aliphatic heterocycles. The van der Waals surface area contributed by atoms with E-state index in [1.807, 2.05) is 26.2 Å². The summed E-state index contributed by atoms with van der Waals surface area (Å²) in [4.78, 5) is 9.88. The van der Waals surface area contributed by atoms with Crippen LogP contribution < -0.4 is 20.7 Å². The average Bonchev–Trinajstić information content (AvgIpc) is 2.58. The highest BCUT2D eigenvalue weighted by molar-refractivity contribution is 5.28. The lowest BCUT2D eigenvalue weighted by Crippen LogP contribution is -2.25. The van der Waals surface area contributed by atoms with Crippen LogP contribution in [0.3, 0.4) is 0 Å². The molecule has 1 aromatic rings. The molecule has 7 heteroatoms. The van der Waals surface area contributed by atoms with E-state index in [0.29, 0.717) is 19.0 Å². The number of hydrogen-bond donors (Lipinski definition) is 3. The van der Waals surface area contributed by atoms with Crippen LogP contribution in [-0.2, 0) is 6.42 Å². The first-order valence-electron chi connectivity index (χ1n) is 8.64. The molecule has 0 radical (unpaired) electrons. The Labute approximate surface area is 151 Å². The van der Waals surface area contributed by atoms with Crippen molar-refractivity contribution in [3.63, 3.8) is 0 Å². The topological polar surface area (TPSA) is 88.5 Å². The molecule has 0 fully saturated rings. The van der Waals surface area contributed by atoms with Crippen LogP contribution in [0.5, 0.6) is 5.75 Å². The Morgan fingerprint density at radius 2 is 2.00 bits per heavy atom. The standard InChI is InChI=1S/C16H25N3O3.C2H7N/c1-3-7-14-8-6-9-15(12-14)22-11-5-4-10-18-16(17-2)13-19(20)21;1-3-2/h6,8-9,12-13,17-18H,3-5,7,10-11H2,1-2H3;3H,1-2H3. The maximum Gasteiger partial charge on any atom is 0.274 e. The van der Waals surface area contributed by atoms with Gasteiger partial charge in [-0.3, -0.25) is 10.1 Å². The number of nitro groups is 1. The summed E-state index contributed by atoms with van der Waals surface area (Å²) in [5.74, 6) is 1.32. The number of nitrogens with zero attached hydrogens (tertiary/aromatic N) is 1. The number of benzene rings is 1. The average molecular weight is 352 g/mol. The van der Waals surface area contributed by atoms with E-state index in [-0.39, 0.29) is 0 Å². The van der Waals surface area contributed by atoms with Crippen LogP contribution in [0.25, 0.3) is 0 Å². The van der Waals surface area contributed by atoms with Crippen molar-refractivity contribution in [2.45, 2.75) is 32.6 Å². The fourth-order valence-corrected chi connectivity index (χ4v) is 2.02. The predicted octanol–water partition coefficient (Wildman–Crippen LogP) is 2.52. The van der Waals surface area contributed by atoms with E-state index in [2.05, 4.69) is 35.0 Å². The van der Waals surface area contributed by atoms with Gasteiger partial charge < -0.3 is 20.7 Å². The third-order valence-electron chi connectivity index (χ3n) is 3.10. The smallest absolute Gasteiger partial charge is 0.274 e. The maximum atomic E-state index is 10.4. The largest absolute Gasteiger partial charge is 0.494 e. The molecule has 7 nitrogen and oxygen atoms in total. The Morgan fingerprint density at radius 3 is 2.60 bits per heavy atom. The van der Waals surface area contributed by atoms with Crippen LogP contribution in [-0.4, -0.2) is 39.2 Å². The summed E-state index contributed by atoms with van der Waals surface area (Å²) in [6, 6.07) is 8.18. The van der Waals surface area contributed by atoms with E-state index in [9.17, 15) is 10.1 Å². The molecule has 0 saturated heterocycles. The number of nitrogens with one attached hydrogen (secondary N) is 3. The summed E-state index contributed by atoms with van der Waals surface area (Å²) in [6.45, 7) is 3.47. The minimum absolute atomic E-state index is 0.415. The molecule has 0 unspecified atom stereocenters. The zero-order chi connectivity index (χ0) is 18.9. The molecular formula is C18H32N4O3. The van der Waals surface area contributed by atoms with Gasteiger partial charge in [0.05, 0.1) is 11.5 Å². The highest BCUT2D eigenvalue weighted by atomic mass is 16.6. The molecule has 0 aliphatic rings. The first-order chi connectivity index (χ1) is 12.1. The van der Waals surface area contributed by atoms with Gasteiger partial charge in [0.1, 0.15) is 5.75 Å². The van der Waals surface area contributed by atoms with Crippen molar-refractivity contribution in [3.05, 3.63) is 52.0 Å². The Morgan fingerprint density at radius 1 is 1.28 bits per heavy atom. The van der Waals surface area contributed by atoms with Crippen molar-refractivity contribution in [2.24, 2.45) is 0 Å². The quantitative estimate of drug-likeness (QED) is 0.322. The maximum absolute atomic E-state index is 10.4. The van der Waals surface area contributed by atoms with E-state index in [4.69, 9.17) is 4.74 Å². The fourth-order valence-electron chi connectivity index (χ4n) is 2.02. The van der Waals surface area contributed by atoms with Crippen molar-refractivity contribution in [1.82, 2.24) is 16.0 Å². The number of ether oxygens (including phenoxy) is 1. The zero-order valence-electron chi connectivity index (χ0n) is 15.8. The fraction of sp³-hybridized carbons (Fsp3) is 0.556. The third-order valence-corrected chi connectivity index (χ3v) is 3.10. The lowest BCUT2D eigenvalue weighted by molar-refractivity contribution is -0.404. The van der Waals surface area contributed by atoms with Crippen molar-refractivity contribution >= 4 is 0 Å². The third kappa shape index (κ3) is 12.8. The van der Waals surface area contributed by atoms with Crippen LogP contribution >= 0.6 is 0 Å². The van der Waals surface area contributed by atoms with Crippen molar-refractivity contribution in [3.8, 4) is 5.75 Å². The molecule has 0 aliphatic carbocycles. The predicted molar refractivity (Wildman–Crippen MR) is 102 cm³/mol. The second kappa shape index (κ2) is 15.3. The Balaban J connectivity index is 0.00000178. The Kier molecular flexibility index (Phi) is 13.9. The molecule has 0 spiro atoms. The highest BCUT2D eigenvalue weighted by Gasteiger charge is 2.00. The SMILES string of the molecule is CCCc1cccc(OCCCCNC(=C[N+](=O)[O-])NC)c1.CNC. The second-order valence-corrected chi connectivity index (χ2v) is 5.46. The first kappa shape index (κ1) is 22.7. The van der Waals surface area contributed by atoms with Gasteiger partial charge in [-0.05, 0) is 51.1 Å². The summed E-state index contributed by atoms with van der Waals surface area (Å²) in [6.07, 6.45) is 4.89. The van der Waals surface area contributed by atoms with Crippen molar-refractivity contribution < 1.29 is 9.66 Å². The van der Waals surface area contributed by atoms with Crippen LogP contribution in [0.2, 0.25) is 0 Å². The van der Waals surface area contributed by atoms with Gasteiger partial charge in [-0.15, -0.1) is 0 Å². The van der Waals surface area contributed by atoms with Gasteiger partial charge in [0, 0.05) is 13.6 Å². The lowest BCUT2D eigenvalue weighted by atomic mass is 10.1. The minimum Gasteiger partial charge on any atom is -0.494 e. The Hall–Kier alpha value is -2.28. The first-order valence-corrected chi connectivity index (χ1v) is 8.64. The van der Waals surface area contributed by atoms with Crippen LogP contribution in [0.15, 0.2) is 36.3 Å². The van der Waals surface area contributed by atoms with Gasteiger partial charge in [0.2, 0.25) is 0 Å². The van der Waals surface area contributed by atoms with Crippen molar-refractivity contribution in [2.75, 3.05) is 34.3 Å². The van der Waals surface area contributed by atoms with E-state index < -0.39 is 4.92 Å². The number of unbranched alkanes of at least 4 members (excludes halogenated alkanes) is 1. The molecule has 3 N–H and O–H groups in total. The Bertz CT molecular complexity index is 507. The molecule has 0 atom stereocenters. The highest BCUT2D eigenvalue weighted by Crippen LogP contribution is 2.14. The molecule has 0 aromatic heterocycles. The van der Waals surface area contributed by atoms with Crippen LogP contribution in [0.4, 0.5) is 0 Å². The van der Waals surface area contributed by atoms with E-state index in [1.54, 1.807) is 7.05 Å². The summed E-state index contributed by atoms with van der Waals surface area (Å²) in [5, 5.41) is 18.8. The molecule has 25 heavy (non-hydrogen) atoms. The van der Waals surface area contributed by atoms with E-state index in [0.717, 1.165) is 37.6 Å². The van der Waals surface area contributed by atoms with Gasteiger partial charge in [0.15, 0.2) is 5.82 Å². The monoisotopic (exact) mass is 352 g/mol.